The van der Waals surface area contributed by atoms with Gasteiger partial charge in [-0.25, -0.2) is 0 Å². The van der Waals surface area contributed by atoms with Crippen LogP contribution in [0.4, 0.5) is 0 Å². The van der Waals surface area contributed by atoms with E-state index in [1.165, 1.54) is 0 Å². The zero-order valence-corrected chi connectivity index (χ0v) is 16.4. The number of methoxy groups -OCH3 is 1. The number of nitrogens with zero attached hydrogens (tertiary/aromatic N) is 2. The molecule has 0 aliphatic heterocycles. The summed E-state index contributed by atoms with van der Waals surface area (Å²) in [4.78, 5) is 13.1. The van der Waals surface area contributed by atoms with Crippen LogP contribution < -0.4 is 10.1 Å². The summed E-state index contributed by atoms with van der Waals surface area (Å²) in [6.07, 6.45) is 0.737. The van der Waals surface area contributed by atoms with Crippen molar-refractivity contribution in [2.24, 2.45) is 11.8 Å². The van der Waals surface area contributed by atoms with E-state index in [4.69, 9.17) is 9.15 Å². The number of hydrogen-bond donors (Lipinski definition) is 1. The van der Waals surface area contributed by atoms with Crippen molar-refractivity contribution < 1.29 is 13.9 Å². The molecule has 0 fully saturated rings. The lowest BCUT2D eigenvalue weighted by Crippen LogP contribution is -2.35. The van der Waals surface area contributed by atoms with E-state index in [0.29, 0.717) is 17.7 Å². The number of benzene rings is 1. The zero-order chi connectivity index (χ0) is 19.3. The van der Waals surface area contributed by atoms with Crippen molar-refractivity contribution in [3.05, 3.63) is 41.6 Å². The molecule has 1 aromatic carbocycles. The minimum Gasteiger partial charge on any atom is -0.497 e. The topological polar surface area (TPSA) is 77.2 Å². The molecule has 2 unspecified atom stereocenters. The Kier molecular flexibility index (Phi) is 6.77. The van der Waals surface area contributed by atoms with Gasteiger partial charge >= 0.3 is 0 Å². The number of aromatic nitrogens is 2. The van der Waals surface area contributed by atoms with Gasteiger partial charge in [0.25, 0.3) is 0 Å². The third-order valence-corrected chi connectivity index (χ3v) is 4.29. The van der Waals surface area contributed by atoms with Crippen LogP contribution >= 0.6 is 0 Å². The lowest BCUT2D eigenvalue weighted by molar-refractivity contribution is -0.124. The summed E-state index contributed by atoms with van der Waals surface area (Å²) in [5.41, 5.74) is 0.961. The van der Waals surface area contributed by atoms with Crippen LogP contribution in [0.1, 0.15) is 63.4 Å². The van der Waals surface area contributed by atoms with Crippen LogP contribution in [0.3, 0.4) is 0 Å². The molecule has 0 saturated heterocycles. The third kappa shape index (κ3) is 5.07. The first-order chi connectivity index (χ1) is 12.3. The van der Waals surface area contributed by atoms with Crippen molar-refractivity contribution in [2.45, 2.75) is 53.0 Å². The standard InChI is InChI=1S/C20H29N3O3/c1-12(2)11-17(20-23-22-14(5)26-20)21-19(24)18(13(3)4)15-7-9-16(25-6)10-8-15/h7-10,12-13,17-18H,11H2,1-6H3,(H,21,24). The minimum absolute atomic E-state index is 0.0355. The number of ether oxygens (including phenoxy) is 1. The Labute approximate surface area is 155 Å². The van der Waals surface area contributed by atoms with Crippen LogP contribution in [0.5, 0.6) is 5.75 Å². The molecular weight excluding hydrogens is 330 g/mol. The van der Waals surface area contributed by atoms with Crippen LogP contribution in [-0.2, 0) is 4.79 Å². The van der Waals surface area contributed by atoms with Gasteiger partial charge in [-0.05, 0) is 36.0 Å². The molecule has 6 nitrogen and oxygen atoms in total. The summed E-state index contributed by atoms with van der Waals surface area (Å²) in [6, 6.07) is 7.35. The van der Waals surface area contributed by atoms with Gasteiger partial charge in [-0.2, -0.15) is 0 Å². The maximum absolute atomic E-state index is 13.1. The number of amides is 1. The van der Waals surface area contributed by atoms with E-state index in [0.717, 1.165) is 17.7 Å². The highest BCUT2D eigenvalue weighted by molar-refractivity contribution is 5.84. The van der Waals surface area contributed by atoms with E-state index in [1.54, 1.807) is 14.0 Å². The highest BCUT2D eigenvalue weighted by Gasteiger charge is 2.29. The monoisotopic (exact) mass is 359 g/mol. The highest BCUT2D eigenvalue weighted by Crippen LogP contribution is 2.28. The predicted molar refractivity (Wildman–Crippen MR) is 99.9 cm³/mol. The van der Waals surface area contributed by atoms with Crippen molar-refractivity contribution in [3.63, 3.8) is 0 Å². The SMILES string of the molecule is COc1ccc(C(C(=O)NC(CC(C)C)c2nnc(C)o2)C(C)C)cc1. The van der Waals surface area contributed by atoms with Gasteiger partial charge in [0.15, 0.2) is 0 Å². The van der Waals surface area contributed by atoms with E-state index >= 15 is 0 Å². The van der Waals surface area contributed by atoms with Crippen molar-refractivity contribution >= 4 is 5.91 Å². The number of carbonyl (C=O) groups is 1. The van der Waals surface area contributed by atoms with Crippen LogP contribution in [0, 0.1) is 18.8 Å². The molecule has 0 saturated carbocycles. The van der Waals surface area contributed by atoms with Crippen molar-refractivity contribution in [1.82, 2.24) is 15.5 Å². The maximum Gasteiger partial charge on any atom is 0.238 e. The first-order valence-corrected chi connectivity index (χ1v) is 9.06. The van der Waals surface area contributed by atoms with Gasteiger partial charge in [0.1, 0.15) is 11.8 Å². The molecule has 2 atom stereocenters. The van der Waals surface area contributed by atoms with Gasteiger partial charge in [0, 0.05) is 6.92 Å². The summed E-state index contributed by atoms with van der Waals surface area (Å²) in [5.74, 6) is 1.96. The normalized spacial score (nSPS) is 13.7. The van der Waals surface area contributed by atoms with Crippen molar-refractivity contribution in [3.8, 4) is 5.75 Å². The minimum atomic E-state index is -0.289. The van der Waals surface area contributed by atoms with Gasteiger partial charge in [0.05, 0.1) is 13.0 Å². The average molecular weight is 359 g/mol. The molecule has 0 bridgehead atoms. The smallest absolute Gasteiger partial charge is 0.238 e. The fraction of sp³-hybridized carbons (Fsp3) is 0.550. The summed E-state index contributed by atoms with van der Waals surface area (Å²) in [6.45, 7) is 10.0. The Morgan fingerprint density at radius 3 is 2.27 bits per heavy atom. The molecule has 0 radical (unpaired) electrons. The quantitative estimate of drug-likeness (QED) is 0.770. The molecule has 26 heavy (non-hydrogen) atoms. The lowest BCUT2D eigenvalue weighted by atomic mass is 9.87. The molecule has 0 aliphatic carbocycles. The van der Waals surface area contributed by atoms with Crippen molar-refractivity contribution in [1.29, 1.82) is 0 Å². The number of nitrogens with one attached hydrogen (secondary N) is 1. The van der Waals surface area contributed by atoms with Gasteiger partial charge in [-0.15, -0.1) is 10.2 Å². The number of rotatable bonds is 8. The summed E-state index contributed by atoms with van der Waals surface area (Å²) in [7, 11) is 1.63. The Bertz CT molecular complexity index is 707. The van der Waals surface area contributed by atoms with Gasteiger partial charge in [-0.3, -0.25) is 4.79 Å². The number of carbonyl (C=O) groups excluding carboxylic acids is 1. The van der Waals surface area contributed by atoms with E-state index in [1.807, 2.05) is 38.1 Å². The number of hydrogen-bond acceptors (Lipinski definition) is 5. The molecule has 142 valence electrons. The highest BCUT2D eigenvalue weighted by atomic mass is 16.5. The second-order valence-corrected chi connectivity index (χ2v) is 7.34. The molecule has 1 amide bonds. The van der Waals surface area contributed by atoms with Gasteiger partial charge in [-0.1, -0.05) is 39.8 Å². The zero-order valence-electron chi connectivity index (χ0n) is 16.4. The van der Waals surface area contributed by atoms with Crippen LogP contribution in [0.25, 0.3) is 0 Å². The first-order valence-electron chi connectivity index (χ1n) is 9.06. The molecule has 0 spiro atoms. The van der Waals surface area contributed by atoms with E-state index in [-0.39, 0.29) is 23.8 Å². The second-order valence-electron chi connectivity index (χ2n) is 7.34. The van der Waals surface area contributed by atoms with Crippen LogP contribution in [-0.4, -0.2) is 23.2 Å². The predicted octanol–water partition coefficient (Wildman–Crippen LogP) is 4.03. The average Bonchev–Trinajstić information content (AvgIpc) is 3.01. The Hall–Kier alpha value is -2.37. The summed E-state index contributed by atoms with van der Waals surface area (Å²) >= 11 is 0. The summed E-state index contributed by atoms with van der Waals surface area (Å²) in [5, 5.41) is 11.1. The Morgan fingerprint density at radius 1 is 1.15 bits per heavy atom. The molecule has 1 aromatic heterocycles. The van der Waals surface area contributed by atoms with E-state index in [9.17, 15) is 4.79 Å². The third-order valence-electron chi connectivity index (χ3n) is 4.29. The molecule has 2 aromatic rings. The van der Waals surface area contributed by atoms with Gasteiger partial charge in [0.2, 0.25) is 17.7 Å². The maximum atomic E-state index is 13.1. The molecule has 6 heteroatoms. The second kappa shape index (κ2) is 8.83. The molecular formula is C20H29N3O3. The molecule has 0 aliphatic rings. The Balaban J connectivity index is 2.22. The van der Waals surface area contributed by atoms with Crippen LogP contribution in [0.15, 0.2) is 28.7 Å². The molecule has 1 N–H and O–H groups in total. The molecule has 1 heterocycles. The van der Waals surface area contributed by atoms with E-state index in [2.05, 4.69) is 29.4 Å². The van der Waals surface area contributed by atoms with Crippen LogP contribution in [0.2, 0.25) is 0 Å². The summed E-state index contributed by atoms with van der Waals surface area (Å²) < 4.78 is 10.8. The number of aryl methyl sites for hydroxylation is 1. The molecule has 2 rings (SSSR count). The van der Waals surface area contributed by atoms with Gasteiger partial charge < -0.3 is 14.5 Å². The largest absolute Gasteiger partial charge is 0.497 e. The van der Waals surface area contributed by atoms with Crippen molar-refractivity contribution in [2.75, 3.05) is 7.11 Å². The first kappa shape index (κ1) is 19.9. The fourth-order valence-corrected chi connectivity index (χ4v) is 3.06. The van der Waals surface area contributed by atoms with E-state index < -0.39 is 0 Å². The lowest BCUT2D eigenvalue weighted by Gasteiger charge is -2.24. The fourth-order valence-electron chi connectivity index (χ4n) is 3.06. The Morgan fingerprint density at radius 2 is 1.81 bits per heavy atom.